The summed E-state index contributed by atoms with van der Waals surface area (Å²) in [5.41, 5.74) is 0. The summed E-state index contributed by atoms with van der Waals surface area (Å²) >= 11 is 0. The molecule has 2 bridgehead atoms. The Labute approximate surface area is 107 Å². The molecule has 0 amide bonds. The fraction of sp³-hybridized carbons (Fsp3) is 1.00. The second-order valence-electron chi connectivity index (χ2n) is 4.75. The first-order chi connectivity index (χ1) is 8.30. The quantitative estimate of drug-likeness (QED) is 0.711. The summed E-state index contributed by atoms with van der Waals surface area (Å²) in [7, 11) is -0.195. The van der Waals surface area contributed by atoms with E-state index in [1.54, 1.807) is 0 Å². The van der Waals surface area contributed by atoms with Gasteiger partial charge in [0.1, 0.15) is 8.37 Å². The van der Waals surface area contributed by atoms with E-state index in [0.717, 1.165) is 0 Å². The van der Waals surface area contributed by atoms with Crippen LogP contribution in [0.3, 0.4) is 0 Å². The maximum absolute atomic E-state index is 2.70. The van der Waals surface area contributed by atoms with E-state index in [2.05, 4.69) is 39.7 Å². The standard InChI is InChI=1S/C12H27N4P/c1-4-14-10-7-13-8-11-15(5-2)17(14)16(6-3)12-9-13/h4-12H2,1-3H3. The van der Waals surface area contributed by atoms with Gasteiger partial charge >= 0.3 is 0 Å². The third-order valence-corrected chi connectivity index (χ3v) is 6.84. The van der Waals surface area contributed by atoms with Crippen LogP contribution in [-0.2, 0) is 0 Å². The summed E-state index contributed by atoms with van der Waals surface area (Å²) in [4.78, 5) is 2.64. The molecule has 100 valence electrons. The summed E-state index contributed by atoms with van der Waals surface area (Å²) in [6.45, 7) is 18.0. The van der Waals surface area contributed by atoms with Crippen molar-refractivity contribution in [1.82, 2.24) is 18.9 Å². The predicted octanol–water partition coefficient (Wildman–Crippen LogP) is 1.51. The Morgan fingerprint density at radius 2 is 1.00 bits per heavy atom. The molecule has 3 saturated heterocycles. The highest BCUT2D eigenvalue weighted by Crippen LogP contribution is 2.48. The van der Waals surface area contributed by atoms with Crippen LogP contribution in [0.1, 0.15) is 20.8 Å². The molecule has 0 aliphatic carbocycles. The first-order valence-electron chi connectivity index (χ1n) is 7.07. The first-order valence-corrected chi connectivity index (χ1v) is 8.27. The Morgan fingerprint density at radius 1 is 0.647 bits per heavy atom. The van der Waals surface area contributed by atoms with E-state index in [1.165, 1.54) is 58.9 Å². The molecule has 3 rings (SSSR count). The summed E-state index contributed by atoms with van der Waals surface area (Å²) in [6, 6.07) is 0. The minimum absolute atomic E-state index is 0.195. The third-order valence-electron chi connectivity index (χ3n) is 3.88. The summed E-state index contributed by atoms with van der Waals surface area (Å²) < 4.78 is 8.11. The Kier molecular flexibility index (Phi) is 5.19. The second kappa shape index (κ2) is 6.44. The van der Waals surface area contributed by atoms with E-state index in [4.69, 9.17) is 0 Å². The monoisotopic (exact) mass is 258 g/mol. The Hall–Kier alpha value is 0.270. The van der Waals surface area contributed by atoms with Gasteiger partial charge in [0.05, 0.1) is 0 Å². The van der Waals surface area contributed by atoms with Crippen LogP contribution in [0.2, 0.25) is 0 Å². The number of hydrogen-bond donors (Lipinski definition) is 0. The SMILES string of the molecule is CCN1CCN2CCN(CC)P1N(CC)CC2. The van der Waals surface area contributed by atoms with Gasteiger partial charge in [0.15, 0.2) is 0 Å². The molecule has 0 saturated carbocycles. The first kappa shape index (κ1) is 13.7. The lowest BCUT2D eigenvalue weighted by molar-refractivity contribution is 0.170. The van der Waals surface area contributed by atoms with Gasteiger partial charge in [-0.3, -0.25) is 18.9 Å². The Balaban J connectivity index is 2.22. The molecule has 0 spiro atoms. The minimum atomic E-state index is -0.195. The summed E-state index contributed by atoms with van der Waals surface area (Å²) in [5, 5.41) is 0. The molecule has 0 aromatic heterocycles. The fourth-order valence-corrected chi connectivity index (χ4v) is 5.40. The number of rotatable bonds is 3. The van der Waals surface area contributed by atoms with Crippen LogP contribution in [0.5, 0.6) is 0 Å². The lowest BCUT2D eigenvalue weighted by Gasteiger charge is -2.49. The minimum Gasteiger partial charge on any atom is -0.299 e. The van der Waals surface area contributed by atoms with Crippen molar-refractivity contribution in [3.63, 3.8) is 0 Å². The van der Waals surface area contributed by atoms with Crippen molar-refractivity contribution in [2.75, 3.05) is 58.9 Å². The molecule has 0 aromatic rings. The zero-order valence-electron chi connectivity index (χ0n) is 11.6. The van der Waals surface area contributed by atoms with Crippen molar-refractivity contribution in [2.24, 2.45) is 0 Å². The predicted molar refractivity (Wildman–Crippen MR) is 75.1 cm³/mol. The highest BCUT2D eigenvalue weighted by molar-refractivity contribution is 7.50. The van der Waals surface area contributed by atoms with Crippen LogP contribution in [0, 0.1) is 0 Å². The number of nitrogens with zero attached hydrogens (tertiary/aromatic N) is 4. The maximum atomic E-state index is 2.70. The molecular weight excluding hydrogens is 231 g/mol. The van der Waals surface area contributed by atoms with E-state index in [1.807, 2.05) is 0 Å². The average Bonchev–Trinajstić information content (AvgIpc) is 2.29. The van der Waals surface area contributed by atoms with Gasteiger partial charge in [-0.05, 0) is 0 Å². The van der Waals surface area contributed by atoms with Crippen molar-refractivity contribution in [3.8, 4) is 0 Å². The van der Waals surface area contributed by atoms with Crippen LogP contribution >= 0.6 is 8.37 Å². The van der Waals surface area contributed by atoms with Crippen molar-refractivity contribution in [3.05, 3.63) is 0 Å². The highest BCUT2D eigenvalue weighted by atomic mass is 31.2. The molecule has 17 heavy (non-hydrogen) atoms. The highest BCUT2D eigenvalue weighted by Gasteiger charge is 2.33. The van der Waals surface area contributed by atoms with Crippen LogP contribution in [-0.4, -0.2) is 77.8 Å². The van der Waals surface area contributed by atoms with E-state index < -0.39 is 0 Å². The van der Waals surface area contributed by atoms with Gasteiger partial charge in [-0.2, -0.15) is 0 Å². The van der Waals surface area contributed by atoms with E-state index in [9.17, 15) is 0 Å². The van der Waals surface area contributed by atoms with Crippen LogP contribution in [0.4, 0.5) is 0 Å². The molecule has 4 nitrogen and oxygen atoms in total. The van der Waals surface area contributed by atoms with Gasteiger partial charge < -0.3 is 0 Å². The molecule has 0 unspecified atom stereocenters. The van der Waals surface area contributed by atoms with Gasteiger partial charge in [-0.25, -0.2) is 0 Å². The van der Waals surface area contributed by atoms with Crippen molar-refractivity contribution in [2.45, 2.75) is 20.8 Å². The van der Waals surface area contributed by atoms with E-state index in [-0.39, 0.29) is 8.37 Å². The molecule has 3 aliphatic rings. The van der Waals surface area contributed by atoms with Gasteiger partial charge in [-0.1, -0.05) is 20.8 Å². The van der Waals surface area contributed by atoms with Gasteiger partial charge in [-0.15, -0.1) is 0 Å². The zero-order chi connectivity index (χ0) is 12.3. The molecular formula is C12H27N4P. The number of hydrogen-bond acceptors (Lipinski definition) is 4. The number of fused-ring (bicyclic) bond motifs is 6. The van der Waals surface area contributed by atoms with Crippen molar-refractivity contribution < 1.29 is 0 Å². The molecule has 3 aliphatic heterocycles. The lowest BCUT2D eigenvalue weighted by atomic mass is 10.4. The maximum Gasteiger partial charge on any atom is 0.120 e. The largest absolute Gasteiger partial charge is 0.299 e. The van der Waals surface area contributed by atoms with Crippen LogP contribution in [0.15, 0.2) is 0 Å². The van der Waals surface area contributed by atoms with Crippen LogP contribution < -0.4 is 0 Å². The molecule has 3 heterocycles. The van der Waals surface area contributed by atoms with Gasteiger partial charge in [0.2, 0.25) is 0 Å². The van der Waals surface area contributed by atoms with Gasteiger partial charge in [0, 0.05) is 58.9 Å². The van der Waals surface area contributed by atoms with E-state index >= 15 is 0 Å². The Bertz CT molecular complexity index is 201. The normalized spacial score (nSPS) is 33.4. The molecule has 0 aromatic carbocycles. The molecule has 0 radical (unpaired) electrons. The Morgan fingerprint density at radius 3 is 1.29 bits per heavy atom. The van der Waals surface area contributed by atoms with Crippen LogP contribution in [0.25, 0.3) is 0 Å². The fourth-order valence-electron chi connectivity index (χ4n) is 2.76. The molecule has 0 atom stereocenters. The molecule has 5 heteroatoms. The number of likely N-dealkylation sites (N-methyl/N-ethyl adjacent to an activating group) is 3. The van der Waals surface area contributed by atoms with Gasteiger partial charge in [0.25, 0.3) is 0 Å². The second-order valence-corrected chi connectivity index (χ2v) is 6.98. The summed E-state index contributed by atoms with van der Waals surface area (Å²) in [6.07, 6.45) is 0. The zero-order valence-corrected chi connectivity index (χ0v) is 12.5. The van der Waals surface area contributed by atoms with Crippen molar-refractivity contribution in [1.29, 1.82) is 0 Å². The smallest absolute Gasteiger partial charge is 0.120 e. The lowest BCUT2D eigenvalue weighted by Crippen LogP contribution is -2.52. The molecule has 3 fully saturated rings. The van der Waals surface area contributed by atoms with Crippen molar-refractivity contribution >= 4 is 8.37 Å². The third kappa shape index (κ3) is 2.99. The topological polar surface area (TPSA) is 13.0 Å². The molecule has 0 N–H and O–H groups in total. The average molecular weight is 258 g/mol. The van der Waals surface area contributed by atoms with E-state index in [0.29, 0.717) is 0 Å². The summed E-state index contributed by atoms with van der Waals surface area (Å²) in [5.74, 6) is 0.